The van der Waals surface area contributed by atoms with E-state index in [1.807, 2.05) is 12.1 Å². The molecule has 7 nitrogen and oxygen atoms in total. The first kappa shape index (κ1) is 17.1. The van der Waals surface area contributed by atoms with Crippen LogP contribution in [-0.4, -0.2) is 44.0 Å². The first-order valence-electron chi connectivity index (χ1n) is 8.46. The number of phenolic OH excluding ortho intramolecular Hbond substituents is 1. The lowest BCUT2D eigenvalue weighted by Gasteiger charge is -2.29. The quantitative estimate of drug-likeness (QED) is 0.835. The number of carbonyl (C=O) groups is 1. The highest BCUT2D eigenvalue weighted by atomic mass is 16.7. The monoisotopic (exact) mass is 369 g/mol. The predicted octanol–water partition coefficient (Wildman–Crippen LogP) is 2.65. The van der Waals surface area contributed by atoms with E-state index in [1.54, 1.807) is 23.1 Å². The fraction of sp³-hybridized carbons (Fsp3) is 0.250. The zero-order valence-corrected chi connectivity index (χ0v) is 15.0. The number of methoxy groups -OCH3 is 2. The summed E-state index contributed by atoms with van der Waals surface area (Å²) in [6, 6.07) is 7.24. The number of aromatic hydroxyl groups is 1. The van der Waals surface area contributed by atoms with Crippen LogP contribution in [0.2, 0.25) is 0 Å². The lowest BCUT2D eigenvalue weighted by atomic mass is 9.94. The van der Waals surface area contributed by atoms with E-state index in [9.17, 15) is 9.90 Å². The van der Waals surface area contributed by atoms with Crippen molar-refractivity contribution in [2.75, 3.05) is 27.6 Å². The minimum atomic E-state index is -0.0527. The van der Waals surface area contributed by atoms with Gasteiger partial charge in [0.2, 0.25) is 19.0 Å². The van der Waals surface area contributed by atoms with E-state index in [1.165, 1.54) is 14.2 Å². The molecule has 0 bridgehead atoms. The first-order chi connectivity index (χ1) is 13.2. The molecule has 1 amide bonds. The largest absolute Gasteiger partial charge is 0.504 e. The topological polar surface area (TPSA) is 77.5 Å². The normalized spacial score (nSPS) is 16.2. The van der Waals surface area contributed by atoms with Gasteiger partial charge in [0, 0.05) is 17.7 Å². The Bertz CT molecular complexity index is 937. The SMILES string of the molecule is COc1ccc(C=C2c3cc4c(cc3CCN2C=O)OCO4)c(O)c1OC. The third-order valence-corrected chi connectivity index (χ3v) is 4.78. The second kappa shape index (κ2) is 6.75. The molecule has 140 valence electrons. The van der Waals surface area contributed by atoms with Crippen LogP contribution in [0, 0.1) is 0 Å². The molecule has 2 aromatic rings. The predicted molar refractivity (Wildman–Crippen MR) is 98.1 cm³/mol. The third kappa shape index (κ3) is 2.81. The van der Waals surface area contributed by atoms with Crippen molar-refractivity contribution >= 4 is 18.2 Å². The molecule has 27 heavy (non-hydrogen) atoms. The molecule has 1 N–H and O–H groups in total. The molecule has 7 heteroatoms. The molecule has 0 spiro atoms. The molecule has 2 aliphatic rings. The van der Waals surface area contributed by atoms with Crippen LogP contribution < -0.4 is 18.9 Å². The van der Waals surface area contributed by atoms with Crippen molar-refractivity contribution in [2.24, 2.45) is 0 Å². The molecule has 0 radical (unpaired) electrons. The lowest BCUT2D eigenvalue weighted by Crippen LogP contribution is -2.28. The summed E-state index contributed by atoms with van der Waals surface area (Å²) in [7, 11) is 2.96. The molecule has 2 aliphatic heterocycles. The molecule has 4 rings (SSSR count). The Labute approximate surface area is 156 Å². The van der Waals surface area contributed by atoms with E-state index >= 15 is 0 Å². The van der Waals surface area contributed by atoms with Crippen molar-refractivity contribution in [1.82, 2.24) is 4.90 Å². The molecule has 0 unspecified atom stereocenters. The number of ether oxygens (including phenoxy) is 4. The van der Waals surface area contributed by atoms with Gasteiger partial charge in [-0.1, -0.05) is 0 Å². The number of phenols is 1. The average molecular weight is 369 g/mol. The minimum absolute atomic E-state index is 0.0527. The van der Waals surface area contributed by atoms with Gasteiger partial charge in [0.25, 0.3) is 0 Å². The maximum absolute atomic E-state index is 11.6. The van der Waals surface area contributed by atoms with Crippen LogP contribution >= 0.6 is 0 Å². The van der Waals surface area contributed by atoms with Crippen LogP contribution in [0.3, 0.4) is 0 Å². The summed E-state index contributed by atoms with van der Waals surface area (Å²) in [6.45, 7) is 0.723. The number of benzene rings is 2. The van der Waals surface area contributed by atoms with Crippen LogP contribution in [0.1, 0.15) is 16.7 Å². The van der Waals surface area contributed by atoms with Crippen molar-refractivity contribution in [3.8, 4) is 28.7 Å². The number of hydrogen-bond acceptors (Lipinski definition) is 6. The average Bonchev–Trinajstić information content (AvgIpc) is 3.15. The maximum atomic E-state index is 11.6. The van der Waals surface area contributed by atoms with Gasteiger partial charge in [-0.05, 0) is 42.3 Å². The lowest BCUT2D eigenvalue weighted by molar-refractivity contribution is -0.115. The summed E-state index contributed by atoms with van der Waals surface area (Å²) in [4.78, 5) is 13.2. The molecular weight excluding hydrogens is 350 g/mol. The van der Waals surface area contributed by atoms with Gasteiger partial charge in [-0.15, -0.1) is 0 Å². The second-order valence-corrected chi connectivity index (χ2v) is 6.18. The van der Waals surface area contributed by atoms with Gasteiger partial charge in [-0.3, -0.25) is 4.79 Å². The van der Waals surface area contributed by atoms with E-state index in [2.05, 4.69) is 0 Å². The van der Waals surface area contributed by atoms with Gasteiger partial charge in [0.05, 0.1) is 19.9 Å². The first-order valence-corrected chi connectivity index (χ1v) is 8.46. The Morgan fingerprint density at radius 3 is 2.63 bits per heavy atom. The number of amides is 1. The van der Waals surface area contributed by atoms with E-state index in [0.717, 1.165) is 17.5 Å². The Morgan fingerprint density at radius 2 is 1.93 bits per heavy atom. The van der Waals surface area contributed by atoms with Crippen molar-refractivity contribution < 1.29 is 28.8 Å². The number of hydrogen-bond donors (Lipinski definition) is 1. The molecule has 0 fully saturated rings. The highest BCUT2D eigenvalue weighted by molar-refractivity contribution is 5.90. The maximum Gasteiger partial charge on any atom is 0.231 e. The standard InChI is InChI=1S/C20H19NO6/c1-24-16-4-3-13(19(23)20(16)25-2)7-15-14-9-18-17(26-11-27-18)8-12(14)5-6-21(15)10-22/h3-4,7-10,23H,5-6,11H2,1-2H3. The number of fused-ring (bicyclic) bond motifs is 2. The highest BCUT2D eigenvalue weighted by Crippen LogP contribution is 2.43. The van der Waals surface area contributed by atoms with Gasteiger partial charge in [-0.2, -0.15) is 0 Å². The summed E-state index contributed by atoms with van der Waals surface area (Å²) >= 11 is 0. The number of rotatable bonds is 4. The van der Waals surface area contributed by atoms with Crippen molar-refractivity contribution in [1.29, 1.82) is 0 Å². The summed E-state index contributed by atoms with van der Waals surface area (Å²) < 4.78 is 21.4. The van der Waals surface area contributed by atoms with Gasteiger partial charge in [0.1, 0.15) is 0 Å². The molecule has 0 saturated heterocycles. The molecule has 2 aromatic carbocycles. The van der Waals surface area contributed by atoms with Gasteiger partial charge in [0.15, 0.2) is 23.0 Å². The summed E-state index contributed by atoms with van der Waals surface area (Å²) in [5, 5.41) is 10.6. The van der Waals surface area contributed by atoms with Crippen LogP contribution in [0.4, 0.5) is 0 Å². The van der Waals surface area contributed by atoms with E-state index in [0.29, 0.717) is 41.5 Å². The summed E-state index contributed by atoms with van der Waals surface area (Å²) in [5.41, 5.74) is 3.11. The highest BCUT2D eigenvalue weighted by Gasteiger charge is 2.26. The Hall–Kier alpha value is -3.35. The minimum Gasteiger partial charge on any atom is -0.504 e. The summed E-state index contributed by atoms with van der Waals surface area (Å²) in [6.07, 6.45) is 3.25. The molecular formula is C20H19NO6. The zero-order valence-electron chi connectivity index (χ0n) is 15.0. The van der Waals surface area contributed by atoms with Crippen LogP contribution in [0.25, 0.3) is 11.8 Å². The molecule has 0 aliphatic carbocycles. The number of carbonyl (C=O) groups excluding carboxylic acids is 1. The second-order valence-electron chi connectivity index (χ2n) is 6.18. The van der Waals surface area contributed by atoms with Crippen molar-refractivity contribution in [2.45, 2.75) is 6.42 Å². The van der Waals surface area contributed by atoms with E-state index in [4.69, 9.17) is 18.9 Å². The molecule has 0 saturated carbocycles. The third-order valence-electron chi connectivity index (χ3n) is 4.78. The molecule has 0 aromatic heterocycles. The fourth-order valence-corrected chi connectivity index (χ4v) is 3.41. The Balaban J connectivity index is 1.86. The van der Waals surface area contributed by atoms with Crippen LogP contribution in [0.15, 0.2) is 24.3 Å². The van der Waals surface area contributed by atoms with Crippen LogP contribution in [0.5, 0.6) is 28.7 Å². The molecule has 2 heterocycles. The van der Waals surface area contributed by atoms with Gasteiger partial charge >= 0.3 is 0 Å². The zero-order chi connectivity index (χ0) is 19.0. The van der Waals surface area contributed by atoms with Gasteiger partial charge < -0.3 is 29.0 Å². The van der Waals surface area contributed by atoms with Crippen molar-refractivity contribution in [3.05, 3.63) is 41.0 Å². The smallest absolute Gasteiger partial charge is 0.231 e. The van der Waals surface area contributed by atoms with Gasteiger partial charge in [-0.25, -0.2) is 0 Å². The number of nitrogens with zero attached hydrogens (tertiary/aromatic N) is 1. The summed E-state index contributed by atoms with van der Waals surface area (Å²) in [5.74, 6) is 1.97. The van der Waals surface area contributed by atoms with Crippen LogP contribution in [-0.2, 0) is 11.2 Å². The van der Waals surface area contributed by atoms with E-state index < -0.39 is 0 Å². The van der Waals surface area contributed by atoms with E-state index in [-0.39, 0.29) is 18.3 Å². The Kier molecular flexibility index (Phi) is 4.27. The fourth-order valence-electron chi connectivity index (χ4n) is 3.41. The van der Waals surface area contributed by atoms with Crippen molar-refractivity contribution in [3.63, 3.8) is 0 Å². The Morgan fingerprint density at radius 1 is 1.15 bits per heavy atom. The molecule has 0 atom stereocenters.